The van der Waals surface area contributed by atoms with Gasteiger partial charge in [0.15, 0.2) is 11.5 Å². The van der Waals surface area contributed by atoms with Crippen molar-refractivity contribution >= 4 is 10.0 Å². The Bertz CT molecular complexity index is 586. The van der Waals surface area contributed by atoms with Gasteiger partial charge in [0, 0.05) is 31.3 Å². The molecule has 0 aromatic heterocycles. The summed E-state index contributed by atoms with van der Waals surface area (Å²) in [6, 6.07) is 3.14. The van der Waals surface area contributed by atoms with E-state index >= 15 is 0 Å². The maximum Gasteiger partial charge on any atom is 0.243 e. The molecule has 2 rings (SSSR count). The van der Waals surface area contributed by atoms with Crippen LogP contribution in [-0.2, 0) is 16.6 Å². The summed E-state index contributed by atoms with van der Waals surface area (Å²) in [5.41, 5.74) is 6.30. The number of sulfonamides is 1. The molecule has 1 aromatic rings. The van der Waals surface area contributed by atoms with Gasteiger partial charge in [0.25, 0.3) is 0 Å². The summed E-state index contributed by atoms with van der Waals surface area (Å²) in [7, 11) is 1.06. The fourth-order valence-corrected chi connectivity index (χ4v) is 3.91. The van der Waals surface area contributed by atoms with Crippen LogP contribution in [-0.4, -0.2) is 40.0 Å². The van der Waals surface area contributed by atoms with Gasteiger partial charge < -0.3 is 15.2 Å². The number of hydrogen-bond donors (Lipinski definition) is 1. The van der Waals surface area contributed by atoms with E-state index in [0.29, 0.717) is 17.1 Å². The first-order chi connectivity index (χ1) is 9.95. The molecule has 0 aliphatic heterocycles. The highest BCUT2D eigenvalue weighted by molar-refractivity contribution is 7.89. The fourth-order valence-electron chi connectivity index (χ4n) is 2.43. The van der Waals surface area contributed by atoms with E-state index < -0.39 is 10.0 Å². The number of ether oxygens (including phenoxy) is 2. The zero-order valence-electron chi connectivity index (χ0n) is 12.6. The summed E-state index contributed by atoms with van der Waals surface area (Å²) in [6.45, 7) is 0.177. The predicted molar refractivity (Wildman–Crippen MR) is 80.0 cm³/mol. The summed E-state index contributed by atoms with van der Waals surface area (Å²) < 4.78 is 37.3. The molecular weight excluding hydrogens is 292 g/mol. The first-order valence-electron chi connectivity index (χ1n) is 6.88. The molecule has 0 atom stereocenters. The lowest BCUT2D eigenvalue weighted by Gasteiger charge is -2.34. The second-order valence-electron chi connectivity index (χ2n) is 5.13. The summed E-state index contributed by atoms with van der Waals surface area (Å²) in [6.07, 6.45) is 2.89. The van der Waals surface area contributed by atoms with Gasteiger partial charge in [0.05, 0.1) is 19.1 Å². The topological polar surface area (TPSA) is 81.9 Å². The van der Waals surface area contributed by atoms with Gasteiger partial charge in [-0.15, -0.1) is 0 Å². The minimum atomic E-state index is -3.55. The molecule has 0 spiro atoms. The van der Waals surface area contributed by atoms with Crippen molar-refractivity contribution in [3.8, 4) is 11.5 Å². The molecule has 1 aliphatic rings. The molecule has 0 radical (unpaired) electrons. The number of rotatable bonds is 6. The van der Waals surface area contributed by atoms with E-state index in [0.717, 1.165) is 19.3 Å². The van der Waals surface area contributed by atoms with Crippen molar-refractivity contribution in [1.82, 2.24) is 4.31 Å². The smallest absolute Gasteiger partial charge is 0.243 e. The average Bonchev–Trinajstić information content (AvgIpc) is 2.43. The second kappa shape index (κ2) is 6.21. The Morgan fingerprint density at radius 2 is 1.95 bits per heavy atom. The lowest BCUT2D eigenvalue weighted by Crippen LogP contribution is -2.41. The van der Waals surface area contributed by atoms with Gasteiger partial charge in [-0.2, -0.15) is 4.31 Å². The maximum atomic E-state index is 12.7. The SMILES string of the molecule is COc1cc(S(=O)(=O)N(C)C2CCC2)cc(CN)c1OC. The second-order valence-corrected chi connectivity index (χ2v) is 7.13. The molecule has 0 saturated heterocycles. The van der Waals surface area contributed by atoms with Crippen molar-refractivity contribution in [2.75, 3.05) is 21.3 Å². The number of nitrogens with two attached hydrogens (primary N) is 1. The molecule has 0 heterocycles. The Morgan fingerprint density at radius 1 is 1.29 bits per heavy atom. The highest BCUT2D eigenvalue weighted by Gasteiger charge is 2.32. The van der Waals surface area contributed by atoms with Crippen LogP contribution in [0.5, 0.6) is 11.5 Å². The normalized spacial score (nSPS) is 15.9. The Balaban J connectivity index is 2.47. The molecule has 1 aliphatic carbocycles. The Hall–Kier alpha value is -1.31. The van der Waals surface area contributed by atoms with Gasteiger partial charge in [0.2, 0.25) is 10.0 Å². The minimum absolute atomic E-state index is 0.0874. The zero-order chi connectivity index (χ0) is 15.6. The predicted octanol–water partition coefficient (Wildman–Crippen LogP) is 1.34. The summed E-state index contributed by atoms with van der Waals surface area (Å²) >= 11 is 0. The van der Waals surface area contributed by atoms with Crippen LogP contribution in [0.2, 0.25) is 0 Å². The van der Waals surface area contributed by atoms with Crippen molar-refractivity contribution < 1.29 is 17.9 Å². The highest BCUT2D eigenvalue weighted by atomic mass is 32.2. The number of benzene rings is 1. The molecule has 1 fully saturated rings. The van der Waals surface area contributed by atoms with Crippen LogP contribution in [0, 0.1) is 0 Å². The van der Waals surface area contributed by atoms with Gasteiger partial charge in [-0.25, -0.2) is 8.42 Å². The Labute approximate surface area is 125 Å². The molecule has 21 heavy (non-hydrogen) atoms. The quantitative estimate of drug-likeness (QED) is 0.857. The molecule has 0 amide bonds. The Kier molecular flexibility index (Phi) is 4.75. The molecule has 1 aromatic carbocycles. The zero-order valence-corrected chi connectivity index (χ0v) is 13.4. The highest BCUT2D eigenvalue weighted by Crippen LogP contribution is 2.36. The largest absolute Gasteiger partial charge is 0.493 e. The third-order valence-corrected chi connectivity index (χ3v) is 5.90. The van der Waals surface area contributed by atoms with Crippen molar-refractivity contribution in [2.24, 2.45) is 5.73 Å². The van der Waals surface area contributed by atoms with Crippen LogP contribution in [0.3, 0.4) is 0 Å². The van der Waals surface area contributed by atoms with Gasteiger partial charge in [-0.3, -0.25) is 0 Å². The van der Waals surface area contributed by atoms with Crippen LogP contribution >= 0.6 is 0 Å². The summed E-state index contributed by atoms with van der Waals surface area (Å²) in [4.78, 5) is 0.190. The number of hydrogen-bond acceptors (Lipinski definition) is 5. The lowest BCUT2D eigenvalue weighted by atomic mass is 9.94. The van der Waals surface area contributed by atoms with E-state index in [2.05, 4.69) is 0 Å². The monoisotopic (exact) mass is 314 g/mol. The molecular formula is C14H22N2O4S. The van der Waals surface area contributed by atoms with E-state index in [1.165, 1.54) is 24.6 Å². The van der Waals surface area contributed by atoms with Crippen molar-refractivity contribution in [3.05, 3.63) is 17.7 Å². The van der Waals surface area contributed by atoms with Gasteiger partial charge in [-0.1, -0.05) is 6.42 Å². The molecule has 118 valence electrons. The third kappa shape index (κ3) is 2.86. The van der Waals surface area contributed by atoms with Crippen LogP contribution in [0.25, 0.3) is 0 Å². The van der Waals surface area contributed by atoms with E-state index in [1.807, 2.05) is 0 Å². The van der Waals surface area contributed by atoms with E-state index in [9.17, 15) is 8.42 Å². The average molecular weight is 314 g/mol. The first-order valence-corrected chi connectivity index (χ1v) is 8.32. The van der Waals surface area contributed by atoms with E-state index in [1.54, 1.807) is 13.1 Å². The van der Waals surface area contributed by atoms with Crippen LogP contribution in [0.1, 0.15) is 24.8 Å². The number of nitrogens with zero attached hydrogens (tertiary/aromatic N) is 1. The van der Waals surface area contributed by atoms with Crippen LogP contribution in [0.4, 0.5) is 0 Å². The van der Waals surface area contributed by atoms with Gasteiger partial charge in [0.1, 0.15) is 0 Å². The van der Waals surface area contributed by atoms with Gasteiger partial charge >= 0.3 is 0 Å². The maximum absolute atomic E-state index is 12.7. The molecule has 7 heteroatoms. The van der Waals surface area contributed by atoms with Crippen LogP contribution < -0.4 is 15.2 Å². The third-order valence-electron chi connectivity index (χ3n) is 4.02. The molecule has 0 bridgehead atoms. The standard InChI is InChI=1S/C14H22N2O4S/c1-16(11-5-4-6-11)21(17,18)12-7-10(9-15)14(20-3)13(8-12)19-2/h7-8,11H,4-6,9,15H2,1-3H3. The van der Waals surface area contributed by atoms with E-state index in [4.69, 9.17) is 15.2 Å². The number of methoxy groups -OCH3 is 2. The fraction of sp³-hybridized carbons (Fsp3) is 0.571. The van der Waals surface area contributed by atoms with Crippen molar-refractivity contribution in [2.45, 2.75) is 36.7 Å². The van der Waals surface area contributed by atoms with Crippen molar-refractivity contribution in [1.29, 1.82) is 0 Å². The molecule has 2 N–H and O–H groups in total. The van der Waals surface area contributed by atoms with Crippen LogP contribution in [0.15, 0.2) is 17.0 Å². The van der Waals surface area contributed by atoms with E-state index in [-0.39, 0.29) is 17.5 Å². The van der Waals surface area contributed by atoms with Crippen molar-refractivity contribution in [3.63, 3.8) is 0 Å². The molecule has 0 unspecified atom stereocenters. The summed E-state index contributed by atoms with van der Waals surface area (Å²) in [5.74, 6) is 0.853. The first kappa shape index (κ1) is 16.1. The Morgan fingerprint density at radius 3 is 2.38 bits per heavy atom. The van der Waals surface area contributed by atoms with Gasteiger partial charge in [-0.05, 0) is 18.9 Å². The molecule has 6 nitrogen and oxygen atoms in total. The lowest BCUT2D eigenvalue weighted by molar-refractivity contribution is 0.249. The molecule has 1 saturated carbocycles. The minimum Gasteiger partial charge on any atom is -0.493 e. The summed E-state index contributed by atoms with van der Waals surface area (Å²) in [5, 5.41) is 0.